The van der Waals surface area contributed by atoms with E-state index in [-0.39, 0.29) is 5.78 Å². The zero-order valence-electron chi connectivity index (χ0n) is 11.6. The molecule has 0 radical (unpaired) electrons. The molecule has 0 bridgehead atoms. The summed E-state index contributed by atoms with van der Waals surface area (Å²) in [6.45, 7) is 1.63. The second-order valence-electron chi connectivity index (χ2n) is 4.91. The normalized spacial score (nSPS) is 10.8. The first-order valence-corrected chi connectivity index (χ1v) is 7.45. The molecule has 0 heterocycles. The van der Waals surface area contributed by atoms with Gasteiger partial charge in [0, 0.05) is 29.5 Å². The van der Waals surface area contributed by atoms with Crippen molar-refractivity contribution in [2.45, 2.75) is 13.0 Å². The molecule has 2 nitrogen and oxygen atoms in total. The van der Waals surface area contributed by atoms with E-state index >= 15 is 0 Å². The van der Waals surface area contributed by atoms with Crippen LogP contribution in [0.5, 0.6) is 0 Å². The molecule has 20 heavy (non-hydrogen) atoms. The maximum atomic E-state index is 12.1. The molecule has 2 aromatic rings. The van der Waals surface area contributed by atoms with Crippen molar-refractivity contribution in [3.8, 4) is 0 Å². The van der Waals surface area contributed by atoms with Crippen molar-refractivity contribution in [1.82, 2.24) is 4.90 Å². The quantitative estimate of drug-likeness (QED) is 0.741. The van der Waals surface area contributed by atoms with Gasteiger partial charge in [-0.05, 0) is 24.7 Å². The number of hydrogen-bond donors (Lipinski definition) is 0. The molecular weight excluding hydrogens is 314 g/mol. The molecular formula is C17H18BrNO. The van der Waals surface area contributed by atoms with Crippen LogP contribution in [0.2, 0.25) is 0 Å². The third-order valence-corrected chi connectivity index (χ3v) is 3.66. The number of halogens is 1. The predicted octanol–water partition coefficient (Wildman–Crippen LogP) is 4.15. The van der Waals surface area contributed by atoms with Gasteiger partial charge in [-0.1, -0.05) is 58.4 Å². The van der Waals surface area contributed by atoms with Gasteiger partial charge in [0.1, 0.15) is 0 Å². The van der Waals surface area contributed by atoms with E-state index in [9.17, 15) is 4.79 Å². The van der Waals surface area contributed by atoms with Gasteiger partial charge >= 0.3 is 0 Å². The summed E-state index contributed by atoms with van der Waals surface area (Å²) < 4.78 is 0.945. The molecule has 0 aliphatic carbocycles. The summed E-state index contributed by atoms with van der Waals surface area (Å²) in [5, 5.41) is 0. The average molecular weight is 332 g/mol. The Kier molecular flexibility index (Phi) is 5.50. The van der Waals surface area contributed by atoms with Crippen LogP contribution in [0.15, 0.2) is 59.1 Å². The second-order valence-corrected chi connectivity index (χ2v) is 5.82. The number of ketones is 1. The Morgan fingerprint density at radius 2 is 1.85 bits per heavy atom. The standard InChI is InChI=1S/C17H18BrNO/c1-19(13-14-6-3-2-4-7-14)11-10-17(20)15-8-5-9-16(18)12-15/h2-9,12H,10-11,13H2,1H3. The van der Waals surface area contributed by atoms with Gasteiger partial charge < -0.3 is 4.90 Å². The lowest BCUT2D eigenvalue weighted by Crippen LogP contribution is -2.21. The molecule has 0 atom stereocenters. The summed E-state index contributed by atoms with van der Waals surface area (Å²) in [5.74, 6) is 0.186. The number of carbonyl (C=O) groups excluding carboxylic acids is 1. The SMILES string of the molecule is CN(CCC(=O)c1cccc(Br)c1)Cc1ccccc1. The lowest BCUT2D eigenvalue weighted by molar-refractivity contribution is 0.0968. The van der Waals surface area contributed by atoms with Crippen LogP contribution in [0.3, 0.4) is 0 Å². The fourth-order valence-electron chi connectivity index (χ4n) is 2.07. The minimum absolute atomic E-state index is 0.186. The molecule has 0 aliphatic heterocycles. The highest BCUT2D eigenvalue weighted by Gasteiger charge is 2.08. The molecule has 2 aromatic carbocycles. The van der Waals surface area contributed by atoms with E-state index in [1.807, 2.05) is 49.5 Å². The molecule has 0 aliphatic rings. The van der Waals surface area contributed by atoms with Crippen LogP contribution in [0, 0.1) is 0 Å². The topological polar surface area (TPSA) is 20.3 Å². The molecule has 3 heteroatoms. The van der Waals surface area contributed by atoms with Crippen LogP contribution in [0.25, 0.3) is 0 Å². The highest BCUT2D eigenvalue weighted by Crippen LogP contribution is 2.13. The summed E-state index contributed by atoms with van der Waals surface area (Å²) in [7, 11) is 2.04. The molecule has 0 saturated carbocycles. The van der Waals surface area contributed by atoms with E-state index in [2.05, 4.69) is 33.0 Å². The van der Waals surface area contributed by atoms with E-state index in [1.54, 1.807) is 0 Å². The van der Waals surface area contributed by atoms with Crippen molar-refractivity contribution in [3.05, 3.63) is 70.2 Å². The van der Waals surface area contributed by atoms with Gasteiger partial charge in [0.25, 0.3) is 0 Å². The largest absolute Gasteiger partial charge is 0.302 e. The lowest BCUT2D eigenvalue weighted by atomic mass is 10.1. The highest BCUT2D eigenvalue weighted by atomic mass is 79.9. The Labute approximate surface area is 128 Å². The third kappa shape index (κ3) is 4.58. The first-order valence-electron chi connectivity index (χ1n) is 6.66. The number of rotatable bonds is 6. The van der Waals surface area contributed by atoms with E-state index in [0.717, 1.165) is 23.1 Å². The van der Waals surface area contributed by atoms with Crippen LogP contribution in [0.4, 0.5) is 0 Å². The van der Waals surface area contributed by atoms with Crippen LogP contribution in [-0.2, 0) is 6.54 Å². The summed E-state index contributed by atoms with van der Waals surface area (Å²) in [4.78, 5) is 14.3. The minimum Gasteiger partial charge on any atom is -0.302 e. The molecule has 0 fully saturated rings. The van der Waals surface area contributed by atoms with Crippen molar-refractivity contribution in [2.75, 3.05) is 13.6 Å². The zero-order valence-corrected chi connectivity index (χ0v) is 13.1. The van der Waals surface area contributed by atoms with Gasteiger partial charge in [-0.25, -0.2) is 0 Å². The Morgan fingerprint density at radius 1 is 1.10 bits per heavy atom. The average Bonchev–Trinajstić information content (AvgIpc) is 2.46. The summed E-state index contributed by atoms with van der Waals surface area (Å²) >= 11 is 3.39. The second kappa shape index (κ2) is 7.36. The summed E-state index contributed by atoms with van der Waals surface area (Å²) in [5.41, 5.74) is 2.04. The smallest absolute Gasteiger partial charge is 0.164 e. The number of hydrogen-bond acceptors (Lipinski definition) is 2. The number of Topliss-reactive ketones (excluding diaryl/α,β-unsaturated/α-hetero) is 1. The van der Waals surface area contributed by atoms with Gasteiger partial charge in [-0.15, -0.1) is 0 Å². The van der Waals surface area contributed by atoms with Crippen LogP contribution < -0.4 is 0 Å². The Bertz CT molecular complexity index is 568. The van der Waals surface area contributed by atoms with Gasteiger partial charge in [0.2, 0.25) is 0 Å². The Morgan fingerprint density at radius 3 is 2.55 bits per heavy atom. The lowest BCUT2D eigenvalue weighted by Gasteiger charge is -2.16. The molecule has 0 unspecified atom stereocenters. The maximum Gasteiger partial charge on any atom is 0.164 e. The predicted molar refractivity (Wildman–Crippen MR) is 85.9 cm³/mol. The number of benzene rings is 2. The van der Waals surface area contributed by atoms with Crippen LogP contribution >= 0.6 is 15.9 Å². The van der Waals surface area contributed by atoms with E-state index in [0.29, 0.717) is 6.42 Å². The van der Waals surface area contributed by atoms with Gasteiger partial charge in [-0.2, -0.15) is 0 Å². The first kappa shape index (κ1) is 14.9. The van der Waals surface area contributed by atoms with Crippen molar-refractivity contribution in [3.63, 3.8) is 0 Å². The highest BCUT2D eigenvalue weighted by molar-refractivity contribution is 9.10. The van der Waals surface area contributed by atoms with Crippen molar-refractivity contribution >= 4 is 21.7 Å². The Hall–Kier alpha value is -1.45. The van der Waals surface area contributed by atoms with Gasteiger partial charge in [0.05, 0.1) is 0 Å². The molecule has 0 saturated heterocycles. The molecule has 0 aromatic heterocycles. The van der Waals surface area contributed by atoms with E-state index in [4.69, 9.17) is 0 Å². The fourth-order valence-corrected chi connectivity index (χ4v) is 2.47. The number of nitrogens with zero attached hydrogens (tertiary/aromatic N) is 1. The van der Waals surface area contributed by atoms with Crippen LogP contribution in [0.1, 0.15) is 22.3 Å². The maximum absolute atomic E-state index is 12.1. The minimum atomic E-state index is 0.186. The third-order valence-electron chi connectivity index (χ3n) is 3.16. The molecule has 0 amide bonds. The Balaban J connectivity index is 1.84. The van der Waals surface area contributed by atoms with Crippen molar-refractivity contribution < 1.29 is 4.79 Å². The van der Waals surface area contributed by atoms with Crippen molar-refractivity contribution in [1.29, 1.82) is 0 Å². The zero-order chi connectivity index (χ0) is 14.4. The van der Waals surface area contributed by atoms with E-state index in [1.165, 1.54) is 5.56 Å². The van der Waals surface area contributed by atoms with Gasteiger partial charge in [0.15, 0.2) is 5.78 Å². The van der Waals surface area contributed by atoms with Gasteiger partial charge in [-0.3, -0.25) is 4.79 Å². The molecule has 0 spiro atoms. The van der Waals surface area contributed by atoms with Crippen molar-refractivity contribution in [2.24, 2.45) is 0 Å². The number of carbonyl (C=O) groups is 1. The molecule has 104 valence electrons. The molecule has 2 rings (SSSR count). The molecule has 0 N–H and O–H groups in total. The summed E-state index contributed by atoms with van der Waals surface area (Å²) in [6, 6.07) is 17.9. The summed E-state index contributed by atoms with van der Waals surface area (Å²) in [6.07, 6.45) is 0.541. The van der Waals surface area contributed by atoms with Crippen LogP contribution in [-0.4, -0.2) is 24.3 Å². The van der Waals surface area contributed by atoms with E-state index < -0.39 is 0 Å². The monoisotopic (exact) mass is 331 g/mol. The fraction of sp³-hybridized carbons (Fsp3) is 0.235. The first-order chi connectivity index (χ1) is 9.65.